The molecule has 0 fully saturated rings. The van der Waals surface area contributed by atoms with Gasteiger partial charge in [0, 0.05) is 12.0 Å². The summed E-state index contributed by atoms with van der Waals surface area (Å²) in [5.74, 6) is 0.286. The fourth-order valence-corrected chi connectivity index (χ4v) is 2.26. The fraction of sp³-hybridized carbons (Fsp3) is 0.308. The van der Waals surface area contributed by atoms with E-state index in [4.69, 9.17) is 4.74 Å². The SMILES string of the molecule is C=C(C)C(=O)Cc1ccc(C)cc1.C=C(C)C(=O)Oc1ccc(C(C)(C)C)cc1. The van der Waals surface area contributed by atoms with Crippen LogP contribution in [0.4, 0.5) is 0 Å². The minimum Gasteiger partial charge on any atom is -0.423 e. The quantitative estimate of drug-likeness (QED) is 0.348. The normalized spacial score (nSPS) is 10.4. The van der Waals surface area contributed by atoms with E-state index in [0.29, 0.717) is 23.3 Å². The molecule has 154 valence electrons. The lowest BCUT2D eigenvalue weighted by atomic mass is 9.87. The van der Waals surface area contributed by atoms with E-state index in [1.165, 1.54) is 11.1 Å². The monoisotopic (exact) mass is 392 g/mol. The number of esters is 1. The van der Waals surface area contributed by atoms with E-state index >= 15 is 0 Å². The number of aryl methyl sites for hydroxylation is 1. The largest absolute Gasteiger partial charge is 0.423 e. The van der Waals surface area contributed by atoms with Crippen molar-refractivity contribution in [1.82, 2.24) is 0 Å². The predicted octanol–water partition coefficient (Wildman–Crippen LogP) is 6.15. The minimum absolute atomic E-state index is 0.108. The highest BCUT2D eigenvalue weighted by Gasteiger charge is 2.13. The fourth-order valence-electron chi connectivity index (χ4n) is 2.26. The van der Waals surface area contributed by atoms with Crippen LogP contribution in [-0.4, -0.2) is 11.8 Å². The van der Waals surface area contributed by atoms with E-state index < -0.39 is 0 Å². The third kappa shape index (κ3) is 8.73. The van der Waals surface area contributed by atoms with Crippen LogP contribution >= 0.6 is 0 Å². The molecule has 0 amide bonds. The number of ketones is 1. The van der Waals surface area contributed by atoms with Gasteiger partial charge in [-0.05, 0) is 55.0 Å². The van der Waals surface area contributed by atoms with Crippen LogP contribution in [0, 0.1) is 6.92 Å². The van der Waals surface area contributed by atoms with Crippen molar-refractivity contribution >= 4 is 11.8 Å². The van der Waals surface area contributed by atoms with Gasteiger partial charge in [0.1, 0.15) is 5.75 Å². The molecule has 2 aromatic rings. The second kappa shape index (κ2) is 10.6. The Morgan fingerprint density at radius 2 is 1.38 bits per heavy atom. The molecule has 0 aliphatic rings. The molecule has 0 saturated carbocycles. The molecule has 0 saturated heterocycles. The summed E-state index contributed by atoms with van der Waals surface area (Å²) in [7, 11) is 0. The third-order valence-electron chi connectivity index (χ3n) is 4.24. The molecule has 0 aliphatic heterocycles. The molecule has 2 rings (SSSR count). The van der Waals surface area contributed by atoms with Crippen molar-refractivity contribution in [3.05, 3.63) is 89.5 Å². The maximum absolute atomic E-state index is 11.3. The lowest BCUT2D eigenvalue weighted by Gasteiger charge is -2.18. The van der Waals surface area contributed by atoms with Crippen LogP contribution in [-0.2, 0) is 21.4 Å². The average Bonchev–Trinajstić information content (AvgIpc) is 2.63. The van der Waals surface area contributed by atoms with Crippen LogP contribution in [0.5, 0.6) is 5.75 Å². The van der Waals surface area contributed by atoms with E-state index in [9.17, 15) is 9.59 Å². The van der Waals surface area contributed by atoms with E-state index in [2.05, 4.69) is 33.9 Å². The Morgan fingerprint density at radius 3 is 1.79 bits per heavy atom. The first-order valence-corrected chi connectivity index (χ1v) is 9.62. The Hall–Kier alpha value is -2.94. The van der Waals surface area contributed by atoms with Gasteiger partial charge < -0.3 is 4.74 Å². The number of carbonyl (C=O) groups is 2. The average molecular weight is 393 g/mol. The zero-order valence-electron chi connectivity index (χ0n) is 18.5. The third-order valence-corrected chi connectivity index (χ3v) is 4.24. The molecule has 0 aromatic heterocycles. The molecular formula is C26H32O3. The molecule has 0 atom stereocenters. The standard InChI is InChI=1S/C14H18O2.C12H14O/c1-10(2)13(15)16-12-8-6-11(7-9-12)14(3,4)5;1-9(2)12(13)8-11-6-4-10(3)5-7-11/h6-9H,1H2,2-5H3;4-7H,1,8H2,2-3H3. The lowest BCUT2D eigenvalue weighted by molar-refractivity contribution is -0.130. The van der Waals surface area contributed by atoms with Crippen molar-refractivity contribution in [2.45, 2.75) is 53.4 Å². The van der Waals surface area contributed by atoms with Crippen LogP contribution in [0.3, 0.4) is 0 Å². The maximum atomic E-state index is 11.3. The van der Waals surface area contributed by atoms with Gasteiger partial charge in [0.05, 0.1) is 0 Å². The van der Waals surface area contributed by atoms with Crippen LogP contribution in [0.25, 0.3) is 0 Å². The summed E-state index contributed by atoms with van der Waals surface area (Å²) >= 11 is 0. The second-order valence-corrected chi connectivity index (χ2v) is 8.31. The van der Waals surface area contributed by atoms with E-state index in [1.54, 1.807) is 26.0 Å². The highest BCUT2D eigenvalue weighted by molar-refractivity contribution is 5.95. The Kier molecular flexibility index (Phi) is 8.78. The molecule has 0 aliphatic carbocycles. The summed E-state index contributed by atoms with van der Waals surface area (Å²) < 4.78 is 5.10. The summed E-state index contributed by atoms with van der Waals surface area (Å²) in [4.78, 5) is 22.6. The number of allylic oxidation sites excluding steroid dienone is 1. The number of benzene rings is 2. The number of Topliss-reactive ketones (excluding diaryl/α,β-unsaturated/α-hetero) is 1. The van der Waals surface area contributed by atoms with Gasteiger partial charge in [-0.3, -0.25) is 4.79 Å². The molecule has 0 heterocycles. The number of carbonyl (C=O) groups excluding carboxylic acids is 2. The van der Waals surface area contributed by atoms with Crippen molar-refractivity contribution in [3.8, 4) is 5.75 Å². The van der Waals surface area contributed by atoms with Gasteiger partial charge in [0.15, 0.2) is 5.78 Å². The first-order valence-electron chi connectivity index (χ1n) is 9.62. The number of ether oxygens (including phenoxy) is 1. The Bertz CT molecular complexity index is 864. The van der Waals surface area contributed by atoms with E-state index in [1.807, 2.05) is 43.3 Å². The van der Waals surface area contributed by atoms with Crippen molar-refractivity contribution in [1.29, 1.82) is 0 Å². The molecular weight excluding hydrogens is 360 g/mol. The van der Waals surface area contributed by atoms with Crippen molar-refractivity contribution in [2.75, 3.05) is 0 Å². The molecule has 0 radical (unpaired) electrons. The van der Waals surface area contributed by atoms with Crippen LogP contribution in [0.15, 0.2) is 72.8 Å². The van der Waals surface area contributed by atoms with Gasteiger partial charge in [-0.15, -0.1) is 0 Å². The number of rotatable bonds is 5. The number of hydrogen-bond donors (Lipinski definition) is 0. The Balaban J connectivity index is 0.000000296. The molecule has 0 unspecified atom stereocenters. The van der Waals surface area contributed by atoms with Gasteiger partial charge in [0.2, 0.25) is 0 Å². The Morgan fingerprint density at radius 1 is 0.862 bits per heavy atom. The minimum atomic E-state index is -0.386. The van der Waals surface area contributed by atoms with Crippen LogP contribution in [0.2, 0.25) is 0 Å². The zero-order chi connectivity index (χ0) is 22.2. The van der Waals surface area contributed by atoms with Gasteiger partial charge in [-0.1, -0.05) is 75.9 Å². The van der Waals surface area contributed by atoms with Crippen LogP contribution < -0.4 is 4.74 Å². The summed E-state index contributed by atoms with van der Waals surface area (Å²) in [6.45, 7) is 19.0. The number of hydrogen-bond acceptors (Lipinski definition) is 3. The lowest BCUT2D eigenvalue weighted by Crippen LogP contribution is -2.11. The summed E-state index contributed by atoms with van der Waals surface area (Å²) in [5, 5.41) is 0. The molecule has 0 bridgehead atoms. The Labute approximate surface area is 175 Å². The molecule has 2 aromatic carbocycles. The molecule has 3 heteroatoms. The summed E-state index contributed by atoms with van der Waals surface area (Å²) in [6.07, 6.45) is 0.468. The van der Waals surface area contributed by atoms with E-state index in [-0.39, 0.29) is 17.2 Å². The molecule has 0 spiro atoms. The highest BCUT2D eigenvalue weighted by Crippen LogP contribution is 2.24. The van der Waals surface area contributed by atoms with Crippen LogP contribution in [0.1, 0.15) is 51.3 Å². The van der Waals surface area contributed by atoms with Gasteiger partial charge in [-0.25, -0.2) is 4.79 Å². The molecule has 3 nitrogen and oxygen atoms in total. The van der Waals surface area contributed by atoms with Gasteiger partial charge in [-0.2, -0.15) is 0 Å². The second-order valence-electron chi connectivity index (χ2n) is 8.31. The van der Waals surface area contributed by atoms with Gasteiger partial charge in [0.25, 0.3) is 0 Å². The zero-order valence-corrected chi connectivity index (χ0v) is 18.5. The van der Waals surface area contributed by atoms with Crippen molar-refractivity contribution in [2.24, 2.45) is 0 Å². The summed E-state index contributed by atoms with van der Waals surface area (Å²) in [6, 6.07) is 15.6. The predicted molar refractivity (Wildman–Crippen MR) is 120 cm³/mol. The smallest absolute Gasteiger partial charge is 0.338 e. The first-order chi connectivity index (χ1) is 13.4. The van der Waals surface area contributed by atoms with Crippen molar-refractivity contribution < 1.29 is 14.3 Å². The first kappa shape index (κ1) is 24.1. The summed E-state index contributed by atoms with van der Waals surface area (Å²) in [5.41, 5.74) is 4.62. The van der Waals surface area contributed by atoms with Gasteiger partial charge >= 0.3 is 5.97 Å². The van der Waals surface area contributed by atoms with Crippen molar-refractivity contribution in [3.63, 3.8) is 0 Å². The highest BCUT2D eigenvalue weighted by atomic mass is 16.5. The van der Waals surface area contributed by atoms with E-state index in [0.717, 1.165) is 5.56 Å². The maximum Gasteiger partial charge on any atom is 0.338 e. The topological polar surface area (TPSA) is 43.4 Å². The molecule has 29 heavy (non-hydrogen) atoms. The molecule has 0 N–H and O–H groups in total.